The molecule has 29 heavy (non-hydrogen) atoms. The van der Waals surface area contributed by atoms with Gasteiger partial charge in [-0.05, 0) is 48.9 Å². The van der Waals surface area contributed by atoms with Gasteiger partial charge >= 0.3 is 5.97 Å². The molecule has 0 aliphatic heterocycles. The molecule has 0 fully saturated rings. The number of carbonyl (C=O) groups excluding carboxylic acids is 1. The standard InChI is InChI=1S/C21H23N3O4S/c1-13-3-8-16-18(11-13)29-20(24-16)14-4-6-15(7-5-14)23-19(25)12-17(21(26)27)22-9-10-28-2/h3-8,11,17,22H,9-10,12H2,1-2H3,(H,23,25)(H,26,27). The van der Waals surface area contributed by atoms with Crippen LogP contribution in [0.15, 0.2) is 42.5 Å². The van der Waals surface area contributed by atoms with Crippen molar-refractivity contribution in [3.63, 3.8) is 0 Å². The average molecular weight is 413 g/mol. The normalized spacial score (nSPS) is 12.1. The van der Waals surface area contributed by atoms with Crippen molar-refractivity contribution in [1.29, 1.82) is 0 Å². The lowest BCUT2D eigenvalue weighted by Crippen LogP contribution is -2.41. The SMILES string of the molecule is COCCNC(CC(=O)Nc1ccc(-c2nc3ccc(C)cc3s2)cc1)C(=O)O. The number of aliphatic carboxylic acids is 1. The summed E-state index contributed by atoms with van der Waals surface area (Å²) in [6.07, 6.45) is -0.169. The Kier molecular flexibility index (Phi) is 6.92. The molecule has 0 bridgehead atoms. The van der Waals surface area contributed by atoms with Gasteiger partial charge in [0, 0.05) is 24.9 Å². The lowest BCUT2D eigenvalue weighted by atomic mass is 10.1. The number of aromatic nitrogens is 1. The number of nitrogens with zero attached hydrogens (tertiary/aromatic N) is 1. The number of hydrogen-bond acceptors (Lipinski definition) is 6. The van der Waals surface area contributed by atoms with Gasteiger partial charge < -0.3 is 20.5 Å². The summed E-state index contributed by atoms with van der Waals surface area (Å²) in [5.74, 6) is -1.44. The number of anilines is 1. The quantitative estimate of drug-likeness (QED) is 0.466. The van der Waals surface area contributed by atoms with Crippen LogP contribution < -0.4 is 10.6 Å². The number of hydrogen-bond donors (Lipinski definition) is 3. The van der Waals surface area contributed by atoms with Gasteiger partial charge in [0.05, 0.1) is 23.2 Å². The minimum absolute atomic E-state index is 0.169. The first-order valence-corrected chi connectivity index (χ1v) is 10.0. The molecule has 1 aromatic heterocycles. The van der Waals surface area contributed by atoms with Crippen molar-refractivity contribution in [2.75, 3.05) is 25.6 Å². The van der Waals surface area contributed by atoms with Crippen molar-refractivity contribution < 1.29 is 19.4 Å². The van der Waals surface area contributed by atoms with Crippen LogP contribution in [-0.2, 0) is 14.3 Å². The molecule has 152 valence electrons. The number of carboxylic acid groups (broad SMARTS) is 1. The molecule has 3 N–H and O–H groups in total. The molecule has 0 radical (unpaired) electrons. The van der Waals surface area contributed by atoms with Crippen molar-refractivity contribution in [1.82, 2.24) is 10.3 Å². The maximum absolute atomic E-state index is 12.2. The number of fused-ring (bicyclic) bond motifs is 1. The summed E-state index contributed by atoms with van der Waals surface area (Å²) in [7, 11) is 1.53. The van der Waals surface area contributed by atoms with Crippen LogP contribution >= 0.6 is 11.3 Å². The number of benzene rings is 2. The second-order valence-electron chi connectivity index (χ2n) is 6.66. The summed E-state index contributed by atoms with van der Waals surface area (Å²) in [6.45, 7) is 2.79. The Labute approximate surface area is 172 Å². The average Bonchev–Trinajstić information content (AvgIpc) is 3.11. The highest BCUT2D eigenvalue weighted by atomic mass is 32.1. The molecule has 1 unspecified atom stereocenters. The summed E-state index contributed by atoms with van der Waals surface area (Å²) in [6, 6.07) is 12.6. The monoisotopic (exact) mass is 413 g/mol. The minimum atomic E-state index is -1.07. The zero-order valence-corrected chi connectivity index (χ0v) is 17.1. The highest BCUT2D eigenvalue weighted by molar-refractivity contribution is 7.21. The van der Waals surface area contributed by atoms with Crippen LogP contribution in [0.5, 0.6) is 0 Å². The van der Waals surface area contributed by atoms with E-state index < -0.39 is 12.0 Å². The van der Waals surface area contributed by atoms with E-state index in [1.54, 1.807) is 23.5 Å². The fourth-order valence-electron chi connectivity index (χ4n) is 2.83. The first-order chi connectivity index (χ1) is 14.0. The first-order valence-electron chi connectivity index (χ1n) is 9.19. The second kappa shape index (κ2) is 9.60. The number of methoxy groups -OCH3 is 1. The van der Waals surface area contributed by atoms with Crippen LogP contribution in [0.3, 0.4) is 0 Å². The Balaban J connectivity index is 1.63. The maximum Gasteiger partial charge on any atom is 0.321 e. The third-order valence-electron chi connectivity index (χ3n) is 4.34. The van der Waals surface area contributed by atoms with Gasteiger partial charge in [0.1, 0.15) is 11.0 Å². The number of carboxylic acids is 1. The largest absolute Gasteiger partial charge is 0.480 e. The highest BCUT2D eigenvalue weighted by Gasteiger charge is 2.20. The van der Waals surface area contributed by atoms with Crippen molar-refractivity contribution in [3.05, 3.63) is 48.0 Å². The zero-order chi connectivity index (χ0) is 20.8. The van der Waals surface area contributed by atoms with E-state index in [-0.39, 0.29) is 12.3 Å². The van der Waals surface area contributed by atoms with Crippen molar-refractivity contribution in [2.24, 2.45) is 0 Å². The van der Waals surface area contributed by atoms with Crippen molar-refractivity contribution in [2.45, 2.75) is 19.4 Å². The fourth-order valence-corrected chi connectivity index (χ4v) is 3.90. The first kappa shape index (κ1) is 20.9. The van der Waals surface area contributed by atoms with Crippen LogP contribution in [0.25, 0.3) is 20.8 Å². The Morgan fingerprint density at radius 1 is 1.21 bits per heavy atom. The lowest BCUT2D eigenvalue weighted by molar-refractivity contribution is -0.141. The van der Waals surface area contributed by atoms with Gasteiger partial charge in [-0.25, -0.2) is 4.98 Å². The molecule has 0 saturated carbocycles. The number of nitrogens with one attached hydrogen (secondary N) is 2. The van der Waals surface area contributed by atoms with Crippen molar-refractivity contribution in [3.8, 4) is 10.6 Å². The molecule has 7 nitrogen and oxygen atoms in total. The van der Waals surface area contributed by atoms with E-state index in [0.29, 0.717) is 18.8 Å². The molecule has 3 rings (SSSR count). The summed E-state index contributed by atoms with van der Waals surface area (Å²) in [5, 5.41) is 15.7. The molecule has 1 atom stereocenters. The van der Waals surface area contributed by atoms with Gasteiger partial charge in [-0.1, -0.05) is 6.07 Å². The van der Waals surface area contributed by atoms with E-state index in [4.69, 9.17) is 4.74 Å². The molecular weight excluding hydrogens is 390 g/mol. The number of thiazole rings is 1. The van der Waals surface area contributed by atoms with Gasteiger partial charge in [0.25, 0.3) is 0 Å². The van der Waals surface area contributed by atoms with Crippen LogP contribution in [0.2, 0.25) is 0 Å². The van der Waals surface area contributed by atoms with Crippen molar-refractivity contribution >= 4 is 39.1 Å². The minimum Gasteiger partial charge on any atom is -0.480 e. The van der Waals surface area contributed by atoms with E-state index in [9.17, 15) is 14.7 Å². The molecule has 1 heterocycles. The van der Waals surface area contributed by atoms with Gasteiger partial charge in [0.15, 0.2) is 0 Å². The summed E-state index contributed by atoms with van der Waals surface area (Å²) >= 11 is 1.62. The van der Waals surface area contributed by atoms with Crippen LogP contribution in [0.1, 0.15) is 12.0 Å². The molecule has 8 heteroatoms. The second-order valence-corrected chi connectivity index (χ2v) is 7.69. The van der Waals surface area contributed by atoms with Gasteiger partial charge in [-0.2, -0.15) is 0 Å². The van der Waals surface area contributed by atoms with E-state index in [1.807, 2.05) is 24.3 Å². The number of carbonyl (C=O) groups is 2. The Hall–Kier alpha value is -2.81. The smallest absolute Gasteiger partial charge is 0.321 e. The fraction of sp³-hybridized carbons (Fsp3) is 0.286. The third-order valence-corrected chi connectivity index (χ3v) is 5.41. The lowest BCUT2D eigenvalue weighted by Gasteiger charge is -2.14. The molecule has 1 amide bonds. The molecule has 0 aliphatic carbocycles. The Bertz CT molecular complexity index is 1000. The number of amides is 1. The van der Waals surface area contributed by atoms with Gasteiger partial charge in [-0.3, -0.25) is 9.59 Å². The van der Waals surface area contributed by atoms with Gasteiger partial charge in [0.2, 0.25) is 5.91 Å². The van der Waals surface area contributed by atoms with Crippen LogP contribution in [0, 0.1) is 6.92 Å². The maximum atomic E-state index is 12.2. The number of rotatable bonds is 9. The Morgan fingerprint density at radius 3 is 2.66 bits per heavy atom. The van der Waals surface area contributed by atoms with E-state index in [1.165, 1.54) is 12.7 Å². The van der Waals surface area contributed by atoms with E-state index in [0.717, 1.165) is 20.8 Å². The molecule has 0 spiro atoms. The number of aryl methyl sites for hydroxylation is 1. The van der Waals surface area contributed by atoms with E-state index in [2.05, 4.69) is 28.6 Å². The molecule has 0 aliphatic rings. The predicted molar refractivity (Wildman–Crippen MR) is 114 cm³/mol. The van der Waals surface area contributed by atoms with Crippen LogP contribution in [0.4, 0.5) is 5.69 Å². The molecule has 0 saturated heterocycles. The highest BCUT2D eigenvalue weighted by Crippen LogP contribution is 2.31. The summed E-state index contributed by atoms with van der Waals surface area (Å²) in [5.41, 5.74) is 3.74. The third kappa shape index (κ3) is 5.60. The molecular formula is C21H23N3O4S. The van der Waals surface area contributed by atoms with Crippen LogP contribution in [-0.4, -0.2) is 48.3 Å². The number of ether oxygens (including phenoxy) is 1. The molecule has 3 aromatic rings. The zero-order valence-electron chi connectivity index (χ0n) is 16.3. The predicted octanol–water partition coefficient (Wildman–Crippen LogP) is 3.29. The van der Waals surface area contributed by atoms with E-state index >= 15 is 0 Å². The topological polar surface area (TPSA) is 101 Å². The summed E-state index contributed by atoms with van der Waals surface area (Å²) < 4.78 is 6.02. The molecule has 2 aromatic carbocycles. The van der Waals surface area contributed by atoms with Gasteiger partial charge in [-0.15, -0.1) is 11.3 Å². The Morgan fingerprint density at radius 2 is 1.97 bits per heavy atom. The summed E-state index contributed by atoms with van der Waals surface area (Å²) in [4.78, 5) is 28.2.